The summed E-state index contributed by atoms with van der Waals surface area (Å²) >= 11 is 0. The van der Waals surface area contributed by atoms with Crippen LogP contribution >= 0.6 is 0 Å². The average molecular weight is 486 g/mol. The van der Waals surface area contributed by atoms with Crippen molar-refractivity contribution < 1.29 is 4.79 Å². The molecule has 1 amide bonds. The van der Waals surface area contributed by atoms with Gasteiger partial charge in [0.15, 0.2) is 0 Å². The second kappa shape index (κ2) is 11.9. The van der Waals surface area contributed by atoms with Crippen molar-refractivity contribution in [1.29, 1.82) is 0 Å². The number of benzene rings is 1. The quantitative estimate of drug-likeness (QED) is 0.506. The van der Waals surface area contributed by atoms with Gasteiger partial charge in [-0.2, -0.15) is 0 Å². The molecule has 2 aliphatic rings. The van der Waals surface area contributed by atoms with E-state index in [9.17, 15) is 4.79 Å². The summed E-state index contributed by atoms with van der Waals surface area (Å²) < 4.78 is 0. The third-order valence-corrected chi connectivity index (χ3v) is 7.21. The molecular formula is C28H35N7O. The zero-order valence-electron chi connectivity index (χ0n) is 20.7. The normalized spacial score (nSPS) is 18.7. The highest BCUT2D eigenvalue weighted by molar-refractivity contribution is 5.94. The summed E-state index contributed by atoms with van der Waals surface area (Å²) in [4.78, 5) is 30.2. The standard InChI is InChI=1S/C28H35N7O/c36-27(33-19-22-4-1-12-29-18-22)24-6-8-26(9-7-24)34-16-10-25(11-17-34)32-20-23-5-2-15-35(21-23)28-30-13-3-14-31-28/h1,3-4,6-9,12-14,18,23,25,32H,2,5,10-11,15-17,19-21H2,(H,33,36)/t23-/m0/s1. The second-order valence-corrected chi connectivity index (χ2v) is 9.76. The summed E-state index contributed by atoms with van der Waals surface area (Å²) in [6.45, 7) is 5.66. The van der Waals surface area contributed by atoms with E-state index in [2.05, 4.69) is 47.5 Å². The molecular weight excluding hydrogens is 450 g/mol. The topological polar surface area (TPSA) is 86.3 Å². The minimum atomic E-state index is -0.0617. The first-order chi connectivity index (χ1) is 17.7. The Morgan fingerprint density at radius 3 is 2.47 bits per heavy atom. The molecule has 3 aromatic rings. The fourth-order valence-corrected chi connectivity index (χ4v) is 5.15. The van der Waals surface area contributed by atoms with E-state index in [4.69, 9.17) is 0 Å². The van der Waals surface area contributed by atoms with Gasteiger partial charge in [-0.25, -0.2) is 9.97 Å². The highest BCUT2D eigenvalue weighted by Crippen LogP contribution is 2.23. The summed E-state index contributed by atoms with van der Waals surface area (Å²) in [5.41, 5.74) is 2.86. The molecule has 2 aliphatic heterocycles. The van der Waals surface area contributed by atoms with E-state index >= 15 is 0 Å². The number of carbonyl (C=O) groups is 1. The fraction of sp³-hybridized carbons (Fsp3) is 0.429. The SMILES string of the molecule is O=C(NCc1cccnc1)c1ccc(N2CCC(NC[C@@H]3CCCN(c4ncccn4)C3)CC2)cc1. The first kappa shape index (κ1) is 24.2. The summed E-state index contributed by atoms with van der Waals surface area (Å²) in [6, 6.07) is 14.2. The molecule has 4 heterocycles. The molecule has 0 unspecified atom stereocenters. The molecule has 2 fully saturated rings. The van der Waals surface area contributed by atoms with Gasteiger partial charge in [-0.1, -0.05) is 6.07 Å². The van der Waals surface area contributed by atoms with E-state index in [1.165, 1.54) is 18.5 Å². The number of nitrogens with one attached hydrogen (secondary N) is 2. The van der Waals surface area contributed by atoms with Gasteiger partial charge in [-0.15, -0.1) is 0 Å². The second-order valence-electron chi connectivity index (χ2n) is 9.76. The van der Waals surface area contributed by atoms with Crippen LogP contribution in [0.15, 0.2) is 67.3 Å². The lowest BCUT2D eigenvalue weighted by Crippen LogP contribution is -2.46. The number of aromatic nitrogens is 3. The van der Waals surface area contributed by atoms with E-state index in [1.807, 2.05) is 42.7 Å². The Morgan fingerprint density at radius 1 is 0.917 bits per heavy atom. The minimum absolute atomic E-state index is 0.0617. The van der Waals surface area contributed by atoms with Crippen LogP contribution in [0.25, 0.3) is 0 Å². The van der Waals surface area contributed by atoms with Gasteiger partial charge in [-0.05, 0) is 80.1 Å². The molecule has 0 saturated carbocycles. The molecule has 1 atom stereocenters. The van der Waals surface area contributed by atoms with E-state index < -0.39 is 0 Å². The van der Waals surface area contributed by atoms with Gasteiger partial charge < -0.3 is 20.4 Å². The summed E-state index contributed by atoms with van der Waals surface area (Å²) in [5.74, 6) is 1.43. The maximum atomic E-state index is 12.5. The van der Waals surface area contributed by atoms with Crippen molar-refractivity contribution in [2.24, 2.45) is 5.92 Å². The predicted octanol–water partition coefficient (Wildman–Crippen LogP) is 3.28. The van der Waals surface area contributed by atoms with Gasteiger partial charge in [0.2, 0.25) is 5.95 Å². The highest BCUT2D eigenvalue weighted by atomic mass is 16.1. The first-order valence-electron chi connectivity index (χ1n) is 13.0. The van der Waals surface area contributed by atoms with Crippen LogP contribution in [0.5, 0.6) is 0 Å². The van der Waals surface area contributed by atoms with Crippen molar-refractivity contribution in [2.75, 3.05) is 42.5 Å². The zero-order valence-corrected chi connectivity index (χ0v) is 20.7. The smallest absolute Gasteiger partial charge is 0.251 e. The molecule has 0 aliphatic carbocycles. The van der Waals surface area contributed by atoms with Gasteiger partial charge in [0.1, 0.15) is 0 Å². The van der Waals surface area contributed by atoms with Crippen molar-refractivity contribution in [3.05, 3.63) is 78.4 Å². The van der Waals surface area contributed by atoms with E-state index in [-0.39, 0.29) is 5.91 Å². The van der Waals surface area contributed by atoms with Gasteiger partial charge >= 0.3 is 0 Å². The lowest BCUT2D eigenvalue weighted by molar-refractivity contribution is 0.0951. The van der Waals surface area contributed by atoms with Crippen LogP contribution in [-0.2, 0) is 6.54 Å². The number of rotatable bonds is 8. The molecule has 1 aromatic carbocycles. The molecule has 2 saturated heterocycles. The Bertz CT molecular complexity index is 1090. The lowest BCUT2D eigenvalue weighted by atomic mass is 9.96. The number of hydrogen-bond donors (Lipinski definition) is 2. The van der Waals surface area contributed by atoms with E-state index in [1.54, 1.807) is 12.4 Å². The molecule has 0 bridgehead atoms. The molecule has 0 spiro atoms. The number of nitrogens with zero attached hydrogens (tertiary/aromatic N) is 5. The Balaban J connectivity index is 1.04. The summed E-state index contributed by atoms with van der Waals surface area (Å²) in [6.07, 6.45) is 11.9. The Labute approximate surface area is 213 Å². The molecule has 36 heavy (non-hydrogen) atoms. The fourth-order valence-electron chi connectivity index (χ4n) is 5.15. The molecule has 0 radical (unpaired) electrons. The highest BCUT2D eigenvalue weighted by Gasteiger charge is 2.24. The van der Waals surface area contributed by atoms with Crippen LogP contribution in [0.1, 0.15) is 41.6 Å². The van der Waals surface area contributed by atoms with Crippen molar-refractivity contribution in [3.8, 4) is 0 Å². The number of amides is 1. The van der Waals surface area contributed by atoms with E-state index in [0.29, 0.717) is 24.1 Å². The molecule has 5 rings (SSSR count). The van der Waals surface area contributed by atoms with Crippen LogP contribution in [0.3, 0.4) is 0 Å². The van der Waals surface area contributed by atoms with Crippen molar-refractivity contribution in [1.82, 2.24) is 25.6 Å². The van der Waals surface area contributed by atoms with Gasteiger partial charge in [0.25, 0.3) is 5.91 Å². The number of anilines is 2. The van der Waals surface area contributed by atoms with Crippen molar-refractivity contribution in [3.63, 3.8) is 0 Å². The van der Waals surface area contributed by atoms with Crippen LogP contribution in [0, 0.1) is 5.92 Å². The number of piperidine rings is 2. The van der Waals surface area contributed by atoms with Gasteiger partial charge in [0, 0.05) is 74.8 Å². The van der Waals surface area contributed by atoms with Gasteiger partial charge in [-0.3, -0.25) is 9.78 Å². The van der Waals surface area contributed by atoms with E-state index in [0.717, 1.165) is 57.1 Å². The van der Waals surface area contributed by atoms with Gasteiger partial charge in [0.05, 0.1) is 0 Å². The molecule has 2 N–H and O–H groups in total. The van der Waals surface area contributed by atoms with Crippen LogP contribution < -0.4 is 20.4 Å². The Kier molecular flexibility index (Phi) is 8.03. The number of pyridine rings is 1. The predicted molar refractivity (Wildman–Crippen MR) is 142 cm³/mol. The van der Waals surface area contributed by atoms with Crippen LogP contribution in [0.2, 0.25) is 0 Å². The monoisotopic (exact) mass is 485 g/mol. The summed E-state index contributed by atoms with van der Waals surface area (Å²) in [7, 11) is 0. The maximum absolute atomic E-state index is 12.5. The van der Waals surface area contributed by atoms with Crippen LogP contribution in [-0.4, -0.2) is 59.6 Å². The number of hydrogen-bond acceptors (Lipinski definition) is 7. The summed E-state index contributed by atoms with van der Waals surface area (Å²) in [5, 5.41) is 6.80. The number of carbonyl (C=O) groups excluding carboxylic acids is 1. The zero-order chi connectivity index (χ0) is 24.6. The van der Waals surface area contributed by atoms with Crippen molar-refractivity contribution >= 4 is 17.5 Å². The molecule has 2 aromatic heterocycles. The Hall–Kier alpha value is -3.52. The molecule has 8 nitrogen and oxygen atoms in total. The third kappa shape index (κ3) is 6.37. The molecule has 188 valence electrons. The molecule has 8 heteroatoms. The average Bonchev–Trinajstić information content (AvgIpc) is 2.96. The van der Waals surface area contributed by atoms with Crippen molar-refractivity contribution in [2.45, 2.75) is 38.3 Å². The Morgan fingerprint density at radius 2 is 1.72 bits per heavy atom. The third-order valence-electron chi connectivity index (χ3n) is 7.21. The lowest BCUT2D eigenvalue weighted by Gasteiger charge is -2.36. The first-order valence-corrected chi connectivity index (χ1v) is 13.0. The maximum Gasteiger partial charge on any atom is 0.251 e. The largest absolute Gasteiger partial charge is 0.371 e. The minimum Gasteiger partial charge on any atom is -0.371 e. The van der Waals surface area contributed by atoms with Crippen LogP contribution in [0.4, 0.5) is 11.6 Å².